The van der Waals surface area contributed by atoms with Gasteiger partial charge in [0.05, 0.1) is 11.4 Å². The molecule has 3 aliphatic rings. The number of anilines is 2. The molecule has 6 nitrogen and oxygen atoms in total. The number of hydrogen-bond donors (Lipinski definition) is 2. The monoisotopic (exact) mass is 474 g/mol. The van der Waals surface area contributed by atoms with Gasteiger partial charge in [0, 0.05) is 39.0 Å². The van der Waals surface area contributed by atoms with E-state index in [4.69, 9.17) is 5.10 Å². The van der Waals surface area contributed by atoms with E-state index in [9.17, 15) is 9.59 Å². The minimum atomic E-state index is -1.20. The highest BCUT2D eigenvalue weighted by molar-refractivity contribution is 9.10. The second-order valence-corrected chi connectivity index (χ2v) is 9.12. The summed E-state index contributed by atoms with van der Waals surface area (Å²) in [6, 6.07) is 15.6. The highest BCUT2D eigenvalue weighted by atomic mass is 79.9. The molecule has 1 amide bonds. The zero-order valence-corrected chi connectivity index (χ0v) is 18.4. The molecule has 0 saturated heterocycles. The molecule has 0 saturated carbocycles. The minimum absolute atomic E-state index is 0.0224. The van der Waals surface area contributed by atoms with Crippen molar-refractivity contribution in [2.24, 2.45) is 0 Å². The molecule has 31 heavy (non-hydrogen) atoms. The van der Waals surface area contributed by atoms with Gasteiger partial charge in [0.2, 0.25) is 5.91 Å². The van der Waals surface area contributed by atoms with Crippen molar-refractivity contribution >= 4 is 39.1 Å². The molecule has 0 fully saturated rings. The number of benzene rings is 2. The summed E-state index contributed by atoms with van der Waals surface area (Å²) >= 11 is 3.56. The van der Waals surface area contributed by atoms with E-state index in [1.54, 1.807) is 0 Å². The normalized spacial score (nSPS) is 21.5. The molecule has 0 bridgehead atoms. The number of aromatic nitrogens is 2. The van der Waals surface area contributed by atoms with Gasteiger partial charge in [0.15, 0.2) is 5.78 Å². The molecular weight excluding hydrogens is 456 g/mol. The van der Waals surface area contributed by atoms with Crippen LogP contribution in [0.5, 0.6) is 0 Å². The van der Waals surface area contributed by atoms with Gasteiger partial charge in [-0.25, -0.2) is 4.68 Å². The summed E-state index contributed by atoms with van der Waals surface area (Å²) in [6.45, 7) is 1.91. The summed E-state index contributed by atoms with van der Waals surface area (Å²) in [4.78, 5) is 27.1. The first-order chi connectivity index (χ1) is 15.0. The molecule has 0 unspecified atom stereocenters. The van der Waals surface area contributed by atoms with E-state index in [0.717, 1.165) is 57.0 Å². The molecule has 6 rings (SSSR count). The number of carbonyl (C=O) groups excluding carboxylic acids is 2. The van der Waals surface area contributed by atoms with Gasteiger partial charge in [-0.3, -0.25) is 9.59 Å². The van der Waals surface area contributed by atoms with Crippen LogP contribution in [0.15, 0.2) is 64.3 Å². The summed E-state index contributed by atoms with van der Waals surface area (Å²) < 4.78 is 2.71. The van der Waals surface area contributed by atoms with Crippen molar-refractivity contribution in [3.8, 4) is 5.69 Å². The molecule has 1 atom stereocenters. The fourth-order valence-electron chi connectivity index (χ4n) is 5.29. The van der Waals surface area contributed by atoms with Gasteiger partial charge in [-0.1, -0.05) is 34.1 Å². The largest absolute Gasteiger partial charge is 0.343 e. The van der Waals surface area contributed by atoms with Crippen molar-refractivity contribution in [2.75, 3.05) is 10.6 Å². The summed E-state index contributed by atoms with van der Waals surface area (Å²) in [5.74, 6) is 0.580. The van der Waals surface area contributed by atoms with Crippen LogP contribution in [0, 0.1) is 6.92 Å². The SMILES string of the molecule is Cc1nn(-c2ccccc2)c2c1[C@]1(C(=O)Nc3ccc(Br)cc31)C1=C(CCCC1=O)N2. The second kappa shape index (κ2) is 6.40. The first kappa shape index (κ1) is 18.6. The van der Waals surface area contributed by atoms with Crippen molar-refractivity contribution in [1.82, 2.24) is 9.78 Å². The van der Waals surface area contributed by atoms with Crippen LogP contribution in [0.2, 0.25) is 0 Å². The third kappa shape index (κ3) is 2.35. The predicted octanol–water partition coefficient (Wildman–Crippen LogP) is 4.61. The molecular formula is C24H19BrN4O2. The maximum Gasteiger partial charge on any atom is 0.244 e. The lowest BCUT2D eigenvalue weighted by Gasteiger charge is -2.38. The molecule has 0 radical (unpaired) electrons. The van der Waals surface area contributed by atoms with Crippen LogP contribution >= 0.6 is 15.9 Å². The molecule has 154 valence electrons. The van der Waals surface area contributed by atoms with E-state index >= 15 is 0 Å². The van der Waals surface area contributed by atoms with Crippen LogP contribution in [0.1, 0.15) is 36.1 Å². The predicted molar refractivity (Wildman–Crippen MR) is 121 cm³/mol. The maximum absolute atomic E-state index is 13.8. The summed E-state index contributed by atoms with van der Waals surface area (Å²) in [7, 11) is 0. The lowest BCUT2D eigenvalue weighted by atomic mass is 9.64. The van der Waals surface area contributed by atoms with Gasteiger partial charge < -0.3 is 10.6 Å². The summed E-state index contributed by atoms with van der Waals surface area (Å²) in [5, 5.41) is 11.4. The number of aryl methyl sites for hydroxylation is 1. The lowest BCUT2D eigenvalue weighted by molar-refractivity contribution is -0.122. The third-order valence-electron chi connectivity index (χ3n) is 6.47. The Balaban J connectivity index is 1.74. The van der Waals surface area contributed by atoms with Crippen molar-refractivity contribution in [3.63, 3.8) is 0 Å². The van der Waals surface area contributed by atoms with Crippen LogP contribution in [0.4, 0.5) is 11.5 Å². The number of nitrogens with one attached hydrogen (secondary N) is 2. The average Bonchev–Trinajstić information content (AvgIpc) is 3.24. The van der Waals surface area contributed by atoms with Crippen LogP contribution in [0.25, 0.3) is 5.69 Å². The number of carbonyl (C=O) groups is 2. The number of halogens is 1. The summed E-state index contributed by atoms with van der Waals surface area (Å²) in [6.07, 6.45) is 1.93. The van der Waals surface area contributed by atoms with Crippen molar-refractivity contribution in [2.45, 2.75) is 31.6 Å². The third-order valence-corrected chi connectivity index (χ3v) is 6.96. The average molecular weight is 475 g/mol. The number of amides is 1. The number of rotatable bonds is 1. The zero-order valence-electron chi connectivity index (χ0n) is 16.8. The van der Waals surface area contributed by atoms with Gasteiger partial charge in [-0.05, 0) is 50.1 Å². The lowest BCUT2D eigenvalue weighted by Crippen LogP contribution is -2.46. The molecule has 2 N–H and O–H groups in total. The Kier molecular flexibility index (Phi) is 3.84. The Hall–Kier alpha value is -3.19. The fourth-order valence-corrected chi connectivity index (χ4v) is 5.65. The van der Waals surface area contributed by atoms with Crippen molar-refractivity contribution in [3.05, 3.63) is 81.1 Å². The maximum atomic E-state index is 13.8. The minimum Gasteiger partial charge on any atom is -0.343 e. The van der Waals surface area contributed by atoms with Gasteiger partial charge in [-0.15, -0.1) is 0 Å². The van der Waals surface area contributed by atoms with Crippen LogP contribution in [-0.4, -0.2) is 21.5 Å². The first-order valence-electron chi connectivity index (χ1n) is 10.3. The van der Waals surface area contributed by atoms with Gasteiger partial charge in [0.25, 0.3) is 0 Å². The van der Waals surface area contributed by atoms with Crippen LogP contribution in [0.3, 0.4) is 0 Å². The Bertz CT molecular complexity index is 1320. The van der Waals surface area contributed by atoms with Crippen molar-refractivity contribution < 1.29 is 9.59 Å². The van der Waals surface area contributed by atoms with Crippen LogP contribution in [-0.2, 0) is 15.0 Å². The molecule has 2 aromatic carbocycles. The van der Waals surface area contributed by atoms with Gasteiger partial charge >= 0.3 is 0 Å². The topological polar surface area (TPSA) is 76.0 Å². The highest BCUT2D eigenvalue weighted by Crippen LogP contribution is 2.56. The molecule has 1 aromatic heterocycles. The Morgan fingerprint density at radius 2 is 1.87 bits per heavy atom. The quantitative estimate of drug-likeness (QED) is 0.539. The van der Waals surface area contributed by atoms with E-state index in [1.165, 1.54) is 0 Å². The van der Waals surface area contributed by atoms with Crippen LogP contribution < -0.4 is 10.6 Å². The van der Waals surface area contributed by atoms with E-state index in [-0.39, 0.29) is 11.7 Å². The second-order valence-electron chi connectivity index (χ2n) is 8.21. The number of ketones is 1. The number of nitrogens with zero attached hydrogens (tertiary/aromatic N) is 2. The number of para-hydroxylation sites is 1. The number of hydrogen-bond acceptors (Lipinski definition) is 4. The summed E-state index contributed by atoms with van der Waals surface area (Å²) in [5.41, 5.74) is 4.09. The number of fused-ring (bicyclic) bond motifs is 5. The molecule has 3 heterocycles. The Labute approximate surface area is 187 Å². The Morgan fingerprint density at radius 3 is 2.68 bits per heavy atom. The number of allylic oxidation sites excluding steroid dienone is 1. The highest BCUT2D eigenvalue weighted by Gasteiger charge is 2.59. The fraction of sp³-hybridized carbons (Fsp3) is 0.208. The van der Waals surface area contributed by atoms with E-state index in [1.807, 2.05) is 60.1 Å². The molecule has 1 spiro atoms. The smallest absolute Gasteiger partial charge is 0.244 e. The van der Waals surface area contributed by atoms with Gasteiger partial charge in [-0.2, -0.15) is 5.10 Å². The van der Waals surface area contributed by atoms with Crippen molar-refractivity contribution in [1.29, 1.82) is 0 Å². The van der Waals surface area contributed by atoms with Gasteiger partial charge in [0.1, 0.15) is 11.2 Å². The standard InChI is InChI=1S/C24H19BrN4O2/c1-13-20-22(29(28-13)15-6-3-2-4-7-15)26-18-8-5-9-19(30)21(18)24(20)16-12-14(25)10-11-17(16)27-23(24)31/h2-4,6-7,10-12,26H,5,8-9H2,1H3,(H,27,31)/t24-/m0/s1. The number of Topliss-reactive ketones (excluding diaryl/α,β-unsaturated/α-hetero) is 1. The molecule has 7 heteroatoms. The molecule has 3 aromatic rings. The molecule has 1 aliphatic carbocycles. The zero-order chi connectivity index (χ0) is 21.3. The molecule has 2 aliphatic heterocycles. The first-order valence-corrected chi connectivity index (χ1v) is 11.1. The Morgan fingerprint density at radius 1 is 1.06 bits per heavy atom. The van der Waals surface area contributed by atoms with E-state index in [2.05, 4.69) is 26.6 Å². The van der Waals surface area contributed by atoms with E-state index < -0.39 is 5.41 Å². The van der Waals surface area contributed by atoms with E-state index in [0.29, 0.717) is 12.0 Å².